The topological polar surface area (TPSA) is 66.8 Å². The van der Waals surface area contributed by atoms with Crippen LogP contribution in [0.3, 0.4) is 0 Å². The van der Waals surface area contributed by atoms with Gasteiger partial charge in [-0.1, -0.05) is 6.92 Å². The zero-order valence-electron chi connectivity index (χ0n) is 9.12. The van der Waals surface area contributed by atoms with Crippen molar-refractivity contribution in [1.82, 2.24) is 0 Å². The van der Waals surface area contributed by atoms with E-state index in [0.717, 1.165) is 19.3 Å². The molecule has 0 aromatic carbocycles. The molecule has 2 N–H and O–H groups in total. The summed E-state index contributed by atoms with van der Waals surface area (Å²) in [5, 5.41) is 16.2. The molecule has 4 nitrogen and oxygen atoms in total. The molecule has 1 aliphatic heterocycles. The van der Waals surface area contributed by atoms with Crippen molar-refractivity contribution in [2.24, 2.45) is 5.92 Å². The third-order valence-corrected chi connectivity index (χ3v) is 1.77. The molecule has 1 unspecified atom stereocenters. The van der Waals surface area contributed by atoms with Crippen LogP contribution in [0.4, 0.5) is 0 Å². The number of hydrogen-bond acceptors (Lipinski definition) is 4. The Labute approximate surface area is 84.9 Å². The van der Waals surface area contributed by atoms with Gasteiger partial charge in [0.2, 0.25) is 0 Å². The number of ether oxygens (including phenoxy) is 1. The number of rotatable bonds is 1. The van der Waals surface area contributed by atoms with E-state index in [0.29, 0.717) is 6.61 Å². The van der Waals surface area contributed by atoms with Crippen LogP contribution in [0, 0.1) is 5.92 Å². The summed E-state index contributed by atoms with van der Waals surface area (Å²) < 4.78 is 4.84. The minimum absolute atomic E-state index is 0.00347. The first kappa shape index (κ1) is 13.4. The van der Waals surface area contributed by atoms with Gasteiger partial charge in [-0.05, 0) is 33.1 Å². The van der Waals surface area contributed by atoms with E-state index in [1.165, 1.54) is 13.8 Å². The Morgan fingerprint density at radius 2 is 2.00 bits per heavy atom. The molecule has 1 heterocycles. The van der Waals surface area contributed by atoms with E-state index >= 15 is 0 Å². The number of esters is 1. The lowest BCUT2D eigenvalue weighted by Crippen LogP contribution is -2.23. The fourth-order valence-electron chi connectivity index (χ4n) is 1.11. The molecular weight excluding hydrogens is 184 g/mol. The normalized spacial score (nSPS) is 22.1. The molecule has 1 saturated heterocycles. The Morgan fingerprint density at radius 3 is 2.29 bits per heavy atom. The van der Waals surface area contributed by atoms with Gasteiger partial charge in [0.15, 0.2) is 5.79 Å². The SMILES string of the molecule is CC(C)(O)O.CCC1CCCOC1=O. The molecule has 0 aromatic rings. The first-order valence-corrected chi connectivity index (χ1v) is 4.96. The molecule has 0 aliphatic carbocycles. The van der Waals surface area contributed by atoms with Crippen LogP contribution in [0.25, 0.3) is 0 Å². The van der Waals surface area contributed by atoms with Crippen LogP contribution in [0.1, 0.15) is 40.0 Å². The number of carbonyl (C=O) groups excluding carboxylic acids is 1. The summed E-state index contributed by atoms with van der Waals surface area (Å²) in [5.74, 6) is -1.30. The van der Waals surface area contributed by atoms with Crippen LogP contribution in [-0.4, -0.2) is 28.6 Å². The summed E-state index contributed by atoms with van der Waals surface area (Å²) in [4.78, 5) is 10.8. The average Bonchev–Trinajstić information content (AvgIpc) is 2.02. The Hall–Kier alpha value is -0.610. The van der Waals surface area contributed by atoms with Crippen molar-refractivity contribution < 1.29 is 19.7 Å². The van der Waals surface area contributed by atoms with E-state index in [9.17, 15) is 4.79 Å². The van der Waals surface area contributed by atoms with Crippen molar-refractivity contribution in [1.29, 1.82) is 0 Å². The van der Waals surface area contributed by atoms with Gasteiger partial charge in [-0.2, -0.15) is 0 Å². The summed E-state index contributed by atoms with van der Waals surface area (Å²) in [6, 6.07) is 0. The first-order valence-electron chi connectivity index (χ1n) is 4.96. The van der Waals surface area contributed by atoms with Crippen LogP contribution in [0.15, 0.2) is 0 Å². The van der Waals surface area contributed by atoms with Gasteiger partial charge < -0.3 is 14.9 Å². The Morgan fingerprint density at radius 1 is 1.50 bits per heavy atom. The van der Waals surface area contributed by atoms with E-state index in [-0.39, 0.29) is 11.9 Å². The van der Waals surface area contributed by atoms with Crippen LogP contribution in [0.2, 0.25) is 0 Å². The predicted octanol–water partition coefficient (Wildman–Crippen LogP) is 1.06. The highest BCUT2D eigenvalue weighted by Crippen LogP contribution is 2.17. The van der Waals surface area contributed by atoms with Crippen molar-refractivity contribution in [2.45, 2.75) is 45.8 Å². The summed E-state index contributed by atoms with van der Waals surface area (Å²) in [7, 11) is 0. The maximum atomic E-state index is 10.8. The lowest BCUT2D eigenvalue weighted by Gasteiger charge is -2.18. The first-order chi connectivity index (χ1) is 6.34. The summed E-state index contributed by atoms with van der Waals surface area (Å²) >= 11 is 0. The molecule has 0 amide bonds. The van der Waals surface area contributed by atoms with Crippen molar-refractivity contribution in [3.05, 3.63) is 0 Å². The number of cyclic esters (lactones) is 1. The van der Waals surface area contributed by atoms with Gasteiger partial charge in [0.05, 0.1) is 12.5 Å². The third-order valence-electron chi connectivity index (χ3n) is 1.77. The van der Waals surface area contributed by atoms with Crippen molar-refractivity contribution in [3.8, 4) is 0 Å². The molecule has 84 valence electrons. The van der Waals surface area contributed by atoms with Gasteiger partial charge in [0.1, 0.15) is 0 Å². The van der Waals surface area contributed by atoms with E-state index in [4.69, 9.17) is 14.9 Å². The Bertz CT molecular complexity index is 165. The van der Waals surface area contributed by atoms with Gasteiger partial charge in [-0.15, -0.1) is 0 Å². The monoisotopic (exact) mass is 204 g/mol. The lowest BCUT2D eigenvalue weighted by molar-refractivity contribution is -0.152. The molecule has 14 heavy (non-hydrogen) atoms. The van der Waals surface area contributed by atoms with Gasteiger partial charge in [0, 0.05) is 0 Å². The van der Waals surface area contributed by atoms with E-state index in [2.05, 4.69) is 0 Å². The molecule has 0 radical (unpaired) electrons. The highest BCUT2D eigenvalue weighted by molar-refractivity contribution is 5.72. The molecule has 4 heteroatoms. The highest BCUT2D eigenvalue weighted by Gasteiger charge is 2.21. The molecule has 0 bridgehead atoms. The van der Waals surface area contributed by atoms with Gasteiger partial charge in [-0.3, -0.25) is 4.79 Å². The summed E-state index contributed by atoms with van der Waals surface area (Å²) in [6.45, 7) is 5.26. The van der Waals surface area contributed by atoms with Crippen LogP contribution in [-0.2, 0) is 9.53 Å². The Balaban J connectivity index is 0.000000292. The van der Waals surface area contributed by atoms with Crippen molar-refractivity contribution in [2.75, 3.05) is 6.61 Å². The number of aliphatic hydroxyl groups is 2. The number of carbonyl (C=O) groups is 1. The van der Waals surface area contributed by atoms with Crippen LogP contribution in [0.5, 0.6) is 0 Å². The van der Waals surface area contributed by atoms with Crippen LogP contribution >= 0.6 is 0 Å². The summed E-state index contributed by atoms with van der Waals surface area (Å²) in [6.07, 6.45) is 3.00. The number of hydrogen-bond donors (Lipinski definition) is 2. The molecule has 1 aliphatic rings. The third kappa shape index (κ3) is 8.01. The maximum Gasteiger partial charge on any atom is 0.308 e. The molecular formula is C10H20O4. The van der Waals surface area contributed by atoms with Crippen molar-refractivity contribution >= 4 is 5.97 Å². The fourth-order valence-corrected chi connectivity index (χ4v) is 1.11. The molecule has 0 spiro atoms. The second kappa shape index (κ2) is 5.98. The van der Waals surface area contributed by atoms with Gasteiger partial charge in [-0.25, -0.2) is 0 Å². The molecule has 1 atom stereocenters. The largest absolute Gasteiger partial charge is 0.465 e. The molecule has 1 rings (SSSR count). The average molecular weight is 204 g/mol. The standard InChI is InChI=1S/C7H12O2.C3H8O2/c1-2-6-4-3-5-9-7(6)8;1-3(2,4)5/h6H,2-5H2,1H3;4-5H,1-2H3. The smallest absolute Gasteiger partial charge is 0.308 e. The Kier molecular flexibility index (Phi) is 5.72. The zero-order valence-corrected chi connectivity index (χ0v) is 9.12. The van der Waals surface area contributed by atoms with E-state index in [1.807, 2.05) is 6.92 Å². The van der Waals surface area contributed by atoms with E-state index in [1.54, 1.807) is 0 Å². The summed E-state index contributed by atoms with van der Waals surface area (Å²) in [5.41, 5.74) is 0. The zero-order chi connectivity index (χ0) is 11.2. The quantitative estimate of drug-likeness (QED) is 0.495. The van der Waals surface area contributed by atoms with Crippen molar-refractivity contribution in [3.63, 3.8) is 0 Å². The minimum atomic E-state index is -1.50. The maximum absolute atomic E-state index is 10.8. The van der Waals surface area contributed by atoms with E-state index < -0.39 is 5.79 Å². The lowest BCUT2D eigenvalue weighted by atomic mass is 9.99. The molecule has 1 fully saturated rings. The fraction of sp³-hybridized carbons (Fsp3) is 0.900. The predicted molar refractivity (Wildman–Crippen MR) is 52.5 cm³/mol. The van der Waals surface area contributed by atoms with Gasteiger partial charge in [0.25, 0.3) is 0 Å². The van der Waals surface area contributed by atoms with Crippen LogP contribution < -0.4 is 0 Å². The second-order valence-corrected chi connectivity index (χ2v) is 3.91. The van der Waals surface area contributed by atoms with Gasteiger partial charge >= 0.3 is 5.97 Å². The molecule has 0 aromatic heterocycles. The second-order valence-electron chi connectivity index (χ2n) is 3.91. The highest BCUT2D eigenvalue weighted by atomic mass is 16.5. The minimum Gasteiger partial charge on any atom is -0.465 e. The molecule has 0 saturated carbocycles.